The molecule has 0 atom stereocenters. The molecule has 4 nitrogen and oxygen atoms in total. The first-order chi connectivity index (χ1) is 7.13. The number of carbonyl (C=O) groups excluding carboxylic acids is 2. The van der Waals surface area contributed by atoms with Crippen LogP contribution in [0.15, 0.2) is 24.3 Å². The van der Waals surface area contributed by atoms with Gasteiger partial charge in [0.05, 0.1) is 0 Å². The van der Waals surface area contributed by atoms with Gasteiger partial charge in [0.1, 0.15) is 12.4 Å². The van der Waals surface area contributed by atoms with Crippen LogP contribution in [0.2, 0.25) is 0 Å². The molecule has 1 aromatic carbocycles. The van der Waals surface area contributed by atoms with E-state index in [1.165, 1.54) is 14.0 Å². The maximum absolute atomic E-state index is 11.3. The number of ketones is 1. The van der Waals surface area contributed by atoms with Gasteiger partial charge < -0.3 is 9.47 Å². The molecule has 0 unspecified atom stereocenters. The summed E-state index contributed by atoms with van der Waals surface area (Å²) < 4.78 is 9.55. The van der Waals surface area contributed by atoms with Gasteiger partial charge in [0.15, 0.2) is 5.78 Å². The van der Waals surface area contributed by atoms with Crippen molar-refractivity contribution >= 4 is 11.8 Å². The van der Waals surface area contributed by atoms with E-state index in [1.807, 2.05) is 0 Å². The van der Waals surface area contributed by atoms with Crippen molar-refractivity contribution in [1.82, 2.24) is 0 Å². The van der Waals surface area contributed by atoms with Gasteiger partial charge in [0.25, 0.3) is 0 Å². The average molecular weight is 208 g/mol. The Morgan fingerprint density at radius 3 is 2.27 bits per heavy atom. The summed E-state index contributed by atoms with van der Waals surface area (Å²) in [5.41, 5.74) is 0.535. The minimum absolute atomic E-state index is 0.0485. The van der Waals surface area contributed by atoms with Crippen molar-refractivity contribution < 1.29 is 19.1 Å². The lowest BCUT2D eigenvalue weighted by molar-refractivity contribution is -0.131. The second-order valence-corrected chi connectivity index (χ2v) is 2.97. The number of benzene rings is 1. The van der Waals surface area contributed by atoms with Crippen molar-refractivity contribution in [3.05, 3.63) is 29.8 Å². The van der Waals surface area contributed by atoms with Gasteiger partial charge in [-0.3, -0.25) is 9.59 Å². The van der Waals surface area contributed by atoms with Crippen LogP contribution < -0.4 is 4.74 Å². The number of methoxy groups -OCH3 is 1. The minimum Gasteiger partial charge on any atom is -0.427 e. The molecule has 0 heterocycles. The Balaban J connectivity index is 2.71. The monoisotopic (exact) mass is 208 g/mol. The van der Waals surface area contributed by atoms with Gasteiger partial charge in [-0.05, 0) is 24.3 Å². The number of ether oxygens (including phenoxy) is 2. The van der Waals surface area contributed by atoms with Gasteiger partial charge in [-0.15, -0.1) is 0 Å². The zero-order valence-corrected chi connectivity index (χ0v) is 8.65. The molecule has 0 radical (unpaired) electrons. The first kappa shape index (κ1) is 11.4. The SMILES string of the molecule is COCC(=O)c1ccc(OC(C)=O)cc1. The molecule has 0 aliphatic heterocycles. The topological polar surface area (TPSA) is 52.6 Å². The third kappa shape index (κ3) is 3.52. The molecular formula is C11H12O4. The Morgan fingerprint density at radius 1 is 1.20 bits per heavy atom. The van der Waals surface area contributed by atoms with Crippen LogP contribution in [0.5, 0.6) is 5.75 Å². The molecule has 0 N–H and O–H groups in total. The van der Waals surface area contributed by atoms with E-state index >= 15 is 0 Å². The highest BCUT2D eigenvalue weighted by molar-refractivity contribution is 5.97. The van der Waals surface area contributed by atoms with E-state index < -0.39 is 0 Å². The van der Waals surface area contributed by atoms with Crippen LogP contribution >= 0.6 is 0 Å². The molecule has 0 amide bonds. The van der Waals surface area contributed by atoms with Crippen LogP contribution in [0.25, 0.3) is 0 Å². The maximum Gasteiger partial charge on any atom is 0.308 e. The van der Waals surface area contributed by atoms with E-state index in [4.69, 9.17) is 9.47 Å². The summed E-state index contributed by atoms with van der Waals surface area (Å²) in [7, 11) is 1.46. The number of hydrogen-bond donors (Lipinski definition) is 0. The summed E-state index contributed by atoms with van der Waals surface area (Å²) in [6, 6.07) is 6.34. The average Bonchev–Trinajstić information content (AvgIpc) is 2.18. The summed E-state index contributed by atoms with van der Waals surface area (Å²) >= 11 is 0. The summed E-state index contributed by atoms with van der Waals surface area (Å²) in [6.07, 6.45) is 0. The number of Topliss-reactive ketones (excluding diaryl/α,β-unsaturated/α-hetero) is 1. The molecule has 0 aromatic heterocycles. The Hall–Kier alpha value is -1.68. The van der Waals surface area contributed by atoms with Crippen molar-refractivity contribution in [1.29, 1.82) is 0 Å². The smallest absolute Gasteiger partial charge is 0.308 e. The second-order valence-electron chi connectivity index (χ2n) is 2.97. The van der Waals surface area contributed by atoms with Gasteiger partial charge in [-0.1, -0.05) is 0 Å². The lowest BCUT2D eigenvalue weighted by atomic mass is 10.1. The second kappa shape index (κ2) is 5.26. The highest BCUT2D eigenvalue weighted by atomic mass is 16.5. The molecule has 1 aromatic rings. The van der Waals surface area contributed by atoms with Gasteiger partial charge in [-0.25, -0.2) is 0 Å². The maximum atomic E-state index is 11.3. The first-order valence-electron chi connectivity index (χ1n) is 4.44. The number of hydrogen-bond acceptors (Lipinski definition) is 4. The van der Waals surface area contributed by atoms with Crippen LogP contribution in [0, 0.1) is 0 Å². The Kier molecular flexibility index (Phi) is 4.00. The third-order valence-electron chi connectivity index (χ3n) is 1.71. The van der Waals surface area contributed by atoms with Crippen molar-refractivity contribution in [2.75, 3.05) is 13.7 Å². The molecule has 0 spiro atoms. The summed E-state index contributed by atoms with van der Waals surface area (Å²) in [5.74, 6) is -0.0608. The molecule has 0 saturated carbocycles. The largest absolute Gasteiger partial charge is 0.427 e. The Bertz CT molecular complexity index is 353. The summed E-state index contributed by atoms with van der Waals surface area (Å²) in [5, 5.41) is 0. The van der Waals surface area contributed by atoms with Crippen LogP contribution in [0.1, 0.15) is 17.3 Å². The molecule has 15 heavy (non-hydrogen) atoms. The molecule has 4 heteroatoms. The Labute approximate surface area is 87.8 Å². The third-order valence-corrected chi connectivity index (χ3v) is 1.71. The van der Waals surface area contributed by atoms with Gasteiger partial charge >= 0.3 is 5.97 Å². The van der Waals surface area contributed by atoms with Crippen LogP contribution in [-0.4, -0.2) is 25.5 Å². The first-order valence-corrected chi connectivity index (χ1v) is 4.44. The fraction of sp³-hybridized carbons (Fsp3) is 0.273. The molecule has 0 saturated heterocycles. The predicted molar refractivity (Wildman–Crippen MR) is 54.0 cm³/mol. The van der Waals surface area contributed by atoms with Crippen molar-refractivity contribution in [3.8, 4) is 5.75 Å². The quantitative estimate of drug-likeness (QED) is 0.427. The lowest BCUT2D eigenvalue weighted by Gasteiger charge is -2.02. The minimum atomic E-state index is -0.383. The van der Waals surface area contributed by atoms with Crippen molar-refractivity contribution in [3.63, 3.8) is 0 Å². The van der Waals surface area contributed by atoms with Crippen LogP contribution in [-0.2, 0) is 9.53 Å². The molecule has 80 valence electrons. The van der Waals surface area contributed by atoms with Crippen molar-refractivity contribution in [2.45, 2.75) is 6.92 Å². The van der Waals surface area contributed by atoms with E-state index in [2.05, 4.69) is 0 Å². The molecule has 0 aliphatic rings. The van der Waals surface area contributed by atoms with Gasteiger partial charge in [-0.2, -0.15) is 0 Å². The number of esters is 1. The Morgan fingerprint density at radius 2 is 1.80 bits per heavy atom. The van der Waals surface area contributed by atoms with E-state index in [0.717, 1.165) is 0 Å². The molecule has 0 aliphatic carbocycles. The predicted octanol–water partition coefficient (Wildman–Crippen LogP) is 1.44. The highest BCUT2D eigenvalue weighted by Gasteiger charge is 2.05. The molecule has 1 rings (SSSR count). The lowest BCUT2D eigenvalue weighted by Crippen LogP contribution is -2.07. The standard InChI is InChI=1S/C11H12O4/c1-8(12)15-10-5-3-9(4-6-10)11(13)7-14-2/h3-6H,7H2,1-2H3. The fourth-order valence-corrected chi connectivity index (χ4v) is 1.09. The number of rotatable bonds is 4. The zero-order chi connectivity index (χ0) is 11.3. The fourth-order valence-electron chi connectivity index (χ4n) is 1.09. The van der Waals surface area contributed by atoms with E-state index in [9.17, 15) is 9.59 Å². The number of carbonyl (C=O) groups is 2. The molecular weight excluding hydrogens is 196 g/mol. The molecule has 0 fully saturated rings. The van der Waals surface area contributed by atoms with Crippen LogP contribution in [0.3, 0.4) is 0 Å². The highest BCUT2D eigenvalue weighted by Crippen LogP contribution is 2.12. The van der Waals surface area contributed by atoms with Gasteiger partial charge in [0.2, 0.25) is 0 Å². The van der Waals surface area contributed by atoms with E-state index in [-0.39, 0.29) is 18.4 Å². The molecule has 0 bridgehead atoms. The summed E-state index contributed by atoms with van der Waals surface area (Å²) in [6.45, 7) is 1.37. The van der Waals surface area contributed by atoms with Gasteiger partial charge in [0, 0.05) is 19.6 Å². The van der Waals surface area contributed by atoms with E-state index in [0.29, 0.717) is 11.3 Å². The normalized spacial score (nSPS) is 9.73. The van der Waals surface area contributed by atoms with E-state index in [1.54, 1.807) is 24.3 Å². The van der Waals surface area contributed by atoms with Crippen molar-refractivity contribution in [2.24, 2.45) is 0 Å². The van der Waals surface area contributed by atoms with Crippen LogP contribution in [0.4, 0.5) is 0 Å². The summed E-state index contributed by atoms with van der Waals surface area (Å²) in [4.78, 5) is 22.0. The zero-order valence-electron chi connectivity index (χ0n) is 8.65.